The second-order valence-corrected chi connectivity index (χ2v) is 5.54. The number of fused-ring (bicyclic) bond motifs is 1. The van der Waals surface area contributed by atoms with Crippen molar-refractivity contribution in [1.82, 2.24) is 20.0 Å². The average molecular weight is 276 g/mol. The fourth-order valence-corrected chi connectivity index (χ4v) is 3.21. The van der Waals surface area contributed by atoms with Gasteiger partial charge >= 0.3 is 0 Å². The molecule has 0 spiro atoms. The number of nitrogens with one attached hydrogen (secondary N) is 1. The van der Waals surface area contributed by atoms with Crippen molar-refractivity contribution in [3.63, 3.8) is 0 Å². The van der Waals surface area contributed by atoms with Crippen molar-refractivity contribution >= 4 is 11.8 Å². The van der Waals surface area contributed by atoms with Gasteiger partial charge in [-0.3, -0.25) is 14.3 Å². The van der Waals surface area contributed by atoms with Gasteiger partial charge in [-0.15, -0.1) is 0 Å². The van der Waals surface area contributed by atoms with E-state index in [-0.39, 0.29) is 30.4 Å². The summed E-state index contributed by atoms with van der Waals surface area (Å²) in [6.07, 6.45) is 7.53. The minimum absolute atomic E-state index is 0.0515. The summed E-state index contributed by atoms with van der Waals surface area (Å²) in [6.45, 7) is 2.88. The first-order chi connectivity index (χ1) is 9.69. The molecule has 3 rings (SSSR count). The van der Waals surface area contributed by atoms with Crippen LogP contribution in [0.5, 0.6) is 0 Å². The zero-order chi connectivity index (χ0) is 14.1. The fourth-order valence-electron chi connectivity index (χ4n) is 3.21. The molecule has 20 heavy (non-hydrogen) atoms. The molecule has 1 aliphatic heterocycles. The molecule has 1 saturated carbocycles. The van der Waals surface area contributed by atoms with Crippen LogP contribution in [0.15, 0.2) is 12.4 Å². The number of hydrogen-bond donors (Lipinski definition) is 1. The molecule has 1 aromatic heterocycles. The zero-order valence-corrected chi connectivity index (χ0v) is 11.7. The molecule has 0 bridgehead atoms. The Balaban J connectivity index is 1.82. The Kier molecular flexibility index (Phi) is 3.46. The molecule has 6 nitrogen and oxygen atoms in total. The van der Waals surface area contributed by atoms with E-state index in [1.165, 1.54) is 0 Å². The number of aryl methyl sites for hydroxylation is 1. The third-order valence-electron chi connectivity index (χ3n) is 4.26. The monoisotopic (exact) mass is 276 g/mol. The number of piperazine rings is 1. The van der Waals surface area contributed by atoms with E-state index in [1.807, 2.05) is 6.92 Å². The number of amides is 2. The summed E-state index contributed by atoms with van der Waals surface area (Å²) in [5.41, 5.74) is 0.575. The van der Waals surface area contributed by atoms with Gasteiger partial charge in [0.1, 0.15) is 6.54 Å². The van der Waals surface area contributed by atoms with Gasteiger partial charge < -0.3 is 10.2 Å². The normalized spacial score (nSPS) is 26.1. The minimum Gasteiger partial charge on any atom is -0.350 e. The molecule has 2 fully saturated rings. The van der Waals surface area contributed by atoms with Crippen molar-refractivity contribution in [2.24, 2.45) is 0 Å². The van der Waals surface area contributed by atoms with Crippen LogP contribution in [-0.4, -0.2) is 45.1 Å². The van der Waals surface area contributed by atoms with Crippen molar-refractivity contribution in [2.45, 2.75) is 51.2 Å². The van der Waals surface area contributed by atoms with Gasteiger partial charge in [0.25, 0.3) is 5.91 Å². The van der Waals surface area contributed by atoms with Crippen LogP contribution in [-0.2, 0) is 11.3 Å². The highest BCUT2D eigenvalue weighted by Crippen LogP contribution is 2.26. The maximum absolute atomic E-state index is 12.6. The highest BCUT2D eigenvalue weighted by molar-refractivity contribution is 5.97. The van der Waals surface area contributed by atoms with Crippen LogP contribution in [0.3, 0.4) is 0 Å². The minimum atomic E-state index is -0.0727. The molecule has 6 heteroatoms. The third-order valence-corrected chi connectivity index (χ3v) is 4.26. The third kappa shape index (κ3) is 2.30. The number of aromatic nitrogens is 2. The van der Waals surface area contributed by atoms with Crippen molar-refractivity contribution in [3.05, 3.63) is 18.0 Å². The fraction of sp³-hybridized carbons (Fsp3) is 0.643. The van der Waals surface area contributed by atoms with Gasteiger partial charge in [0, 0.05) is 18.8 Å². The summed E-state index contributed by atoms with van der Waals surface area (Å²) < 4.78 is 1.73. The highest BCUT2D eigenvalue weighted by atomic mass is 16.2. The van der Waals surface area contributed by atoms with Crippen LogP contribution >= 0.6 is 0 Å². The molecule has 1 aromatic rings. The summed E-state index contributed by atoms with van der Waals surface area (Å²) in [7, 11) is 0. The molecular weight excluding hydrogens is 256 g/mol. The Morgan fingerprint density at radius 3 is 3.00 bits per heavy atom. The number of nitrogens with zero attached hydrogens (tertiary/aromatic N) is 3. The quantitative estimate of drug-likeness (QED) is 0.868. The predicted octanol–water partition coefficient (Wildman–Crippen LogP) is 0.786. The first kappa shape index (κ1) is 13.1. The lowest BCUT2D eigenvalue weighted by Gasteiger charge is -2.43. The first-order valence-corrected chi connectivity index (χ1v) is 7.32. The number of carbonyl (C=O) groups excluding carboxylic acids is 2. The van der Waals surface area contributed by atoms with E-state index >= 15 is 0 Å². The van der Waals surface area contributed by atoms with Crippen LogP contribution in [0.1, 0.15) is 43.0 Å². The summed E-state index contributed by atoms with van der Waals surface area (Å²) in [5, 5.41) is 7.16. The standard InChI is InChI=1S/C14H20N4O2/c1-2-17-8-10(7-15-17)14(20)18-9-13(19)16-11-5-3-4-6-12(11)18/h7-8,11-12H,2-6,9H2,1H3,(H,16,19)/t11-,12-/m1/s1. The van der Waals surface area contributed by atoms with Gasteiger partial charge in [0.15, 0.2) is 0 Å². The van der Waals surface area contributed by atoms with Gasteiger partial charge in [0.2, 0.25) is 5.91 Å². The number of hydrogen-bond acceptors (Lipinski definition) is 3. The number of rotatable bonds is 2. The van der Waals surface area contributed by atoms with E-state index in [0.29, 0.717) is 5.56 Å². The molecule has 0 aromatic carbocycles. The van der Waals surface area contributed by atoms with E-state index in [9.17, 15) is 9.59 Å². The van der Waals surface area contributed by atoms with Crippen LogP contribution in [0.4, 0.5) is 0 Å². The zero-order valence-electron chi connectivity index (χ0n) is 11.7. The Morgan fingerprint density at radius 1 is 1.45 bits per heavy atom. The topological polar surface area (TPSA) is 67.2 Å². The summed E-state index contributed by atoms with van der Waals surface area (Å²) >= 11 is 0. The predicted molar refractivity (Wildman–Crippen MR) is 73.1 cm³/mol. The number of carbonyl (C=O) groups is 2. The lowest BCUT2D eigenvalue weighted by atomic mass is 9.87. The van der Waals surface area contributed by atoms with Gasteiger partial charge in [-0.05, 0) is 19.8 Å². The van der Waals surface area contributed by atoms with E-state index in [1.54, 1.807) is 22.0 Å². The Morgan fingerprint density at radius 2 is 2.25 bits per heavy atom. The van der Waals surface area contributed by atoms with Crippen molar-refractivity contribution in [1.29, 1.82) is 0 Å². The van der Waals surface area contributed by atoms with E-state index in [2.05, 4.69) is 10.4 Å². The Labute approximate surface area is 118 Å². The molecule has 2 heterocycles. The molecule has 0 radical (unpaired) electrons. The summed E-state index contributed by atoms with van der Waals surface area (Å²) in [6, 6.07) is 0.258. The molecular formula is C14H20N4O2. The maximum atomic E-state index is 12.6. The van der Waals surface area contributed by atoms with Gasteiger partial charge in [-0.1, -0.05) is 12.8 Å². The molecule has 1 saturated heterocycles. The Hall–Kier alpha value is -1.85. The molecule has 2 aliphatic rings. The SMILES string of the molecule is CCn1cc(C(=O)N2CC(=O)N[C@@H]3CCCC[C@H]32)cn1. The second-order valence-electron chi connectivity index (χ2n) is 5.54. The smallest absolute Gasteiger partial charge is 0.257 e. The molecule has 1 N–H and O–H groups in total. The maximum Gasteiger partial charge on any atom is 0.257 e. The molecule has 0 unspecified atom stereocenters. The molecule has 108 valence electrons. The van der Waals surface area contributed by atoms with Gasteiger partial charge in [-0.2, -0.15) is 5.10 Å². The molecule has 1 aliphatic carbocycles. The van der Waals surface area contributed by atoms with Crippen LogP contribution in [0.25, 0.3) is 0 Å². The van der Waals surface area contributed by atoms with E-state index in [0.717, 1.165) is 32.2 Å². The summed E-state index contributed by atoms with van der Waals surface area (Å²) in [5.74, 6) is -0.124. The van der Waals surface area contributed by atoms with Crippen LogP contribution < -0.4 is 5.32 Å². The van der Waals surface area contributed by atoms with Crippen molar-refractivity contribution in [2.75, 3.05) is 6.54 Å². The van der Waals surface area contributed by atoms with Crippen molar-refractivity contribution < 1.29 is 9.59 Å². The highest BCUT2D eigenvalue weighted by Gasteiger charge is 2.39. The van der Waals surface area contributed by atoms with E-state index < -0.39 is 0 Å². The second kappa shape index (κ2) is 5.26. The largest absolute Gasteiger partial charge is 0.350 e. The first-order valence-electron chi connectivity index (χ1n) is 7.32. The lowest BCUT2D eigenvalue weighted by molar-refractivity contribution is -0.127. The van der Waals surface area contributed by atoms with Gasteiger partial charge in [0.05, 0.1) is 17.8 Å². The van der Waals surface area contributed by atoms with Crippen molar-refractivity contribution in [3.8, 4) is 0 Å². The summed E-state index contributed by atoms with van der Waals surface area (Å²) in [4.78, 5) is 26.2. The molecule has 2 atom stereocenters. The Bertz CT molecular complexity index is 525. The molecule has 2 amide bonds. The van der Waals surface area contributed by atoms with Crippen LogP contribution in [0, 0.1) is 0 Å². The lowest BCUT2D eigenvalue weighted by Crippen LogP contribution is -2.62. The van der Waals surface area contributed by atoms with Crippen LogP contribution in [0.2, 0.25) is 0 Å². The van der Waals surface area contributed by atoms with E-state index in [4.69, 9.17) is 0 Å². The average Bonchev–Trinajstić information content (AvgIpc) is 2.94. The van der Waals surface area contributed by atoms with Gasteiger partial charge in [-0.25, -0.2) is 0 Å².